The summed E-state index contributed by atoms with van der Waals surface area (Å²) in [5.41, 5.74) is 1.34. The van der Waals surface area contributed by atoms with Crippen LogP contribution < -0.4 is 15.0 Å². The van der Waals surface area contributed by atoms with Crippen LogP contribution >= 0.6 is 23.8 Å². The summed E-state index contributed by atoms with van der Waals surface area (Å²) in [6, 6.07) is 10.4. The standard InChI is InChI=1S/C24H24ClN3O5S/c1-4-12-27-19(14-21(29)26-16-8-6-15(7-9-16)23(31)33-5-2)22(30)28(24(27)34)17-10-11-20(32-3)18(25)13-17/h4,6-11,13,19H,1,5,12,14H2,2-3H3,(H,26,29)/t19-/m0/s1. The van der Waals surface area contributed by atoms with Gasteiger partial charge in [0, 0.05) is 12.2 Å². The van der Waals surface area contributed by atoms with E-state index in [1.165, 1.54) is 12.0 Å². The number of thiocarbonyl (C=S) groups is 1. The molecule has 0 unspecified atom stereocenters. The number of anilines is 2. The summed E-state index contributed by atoms with van der Waals surface area (Å²) >= 11 is 11.8. The van der Waals surface area contributed by atoms with Crippen LogP contribution in [0, 0.1) is 0 Å². The van der Waals surface area contributed by atoms with Gasteiger partial charge in [-0.25, -0.2) is 4.79 Å². The van der Waals surface area contributed by atoms with E-state index in [9.17, 15) is 14.4 Å². The minimum atomic E-state index is -0.815. The Morgan fingerprint density at radius 1 is 1.24 bits per heavy atom. The van der Waals surface area contributed by atoms with Crippen LogP contribution in [0.3, 0.4) is 0 Å². The lowest BCUT2D eigenvalue weighted by molar-refractivity contribution is -0.124. The molecule has 2 amide bonds. The van der Waals surface area contributed by atoms with Crippen molar-refractivity contribution < 1.29 is 23.9 Å². The Labute approximate surface area is 208 Å². The van der Waals surface area contributed by atoms with E-state index in [1.807, 2.05) is 0 Å². The number of carbonyl (C=O) groups excluding carboxylic acids is 3. The lowest BCUT2D eigenvalue weighted by Crippen LogP contribution is -2.37. The largest absolute Gasteiger partial charge is 0.495 e. The molecule has 1 atom stereocenters. The highest BCUT2D eigenvalue weighted by Crippen LogP contribution is 2.33. The van der Waals surface area contributed by atoms with Crippen molar-refractivity contribution in [1.82, 2.24) is 4.90 Å². The van der Waals surface area contributed by atoms with Crippen molar-refractivity contribution in [3.63, 3.8) is 0 Å². The number of halogens is 1. The fourth-order valence-electron chi connectivity index (χ4n) is 3.50. The van der Waals surface area contributed by atoms with Gasteiger partial charge < -0.3 is 19.7 Å². The molecule has 0 aromatic heterocycles. The Morgan fingerprint density at radius 3 is 2.53 bits per heavy atom. The van der Waals surface area contributed by atoms with Gasteiger partial charge in [0.05, 0.1) is 36.4 Å². The molecule has 1 aliphatic rings. The first-order chi connectivity index (χ1) is 16.3. The van der Waals surface area contributed by atoms with E-state index in [1.54, 1.807) is 60.4 Å². The third-order valence-corrected chi connectivity index (χ3v) is 5.81. The van der Waals surface area contributed by atoms with Crippen LogP contribution in [0.25, 0.3) is 0 Å². The molecule has 0 radical (unpaired) electrons. The number of hydrogen-bond acceptors (Lipinski definition) is 6. The highest BCUT2D eigenvalue weighted by molar-refractivity contribution is 7.80. The molecule has 0 bridgehead atoms. The highest BCUT2D eigenvalue weighted by atomic mass is 35.5. The molecule has 2 aromatic rings. The molecule has 2 aromatic carbocycles. The van der Waals surface area contributed by atoms with Crippen molar-refractivity contribution in [1.29, 1.82) is 0 Å². The third-order valence-electron chi connectivity index (χ3n) is 5.10. The number of esters is 1. The van der Waals surface area contributed by atoms with Gasteiger partial charge in [0.2, 0.25) is 5.91 Å². The van der Waals surface area contributed by atoms with Crippen LogP contribution in [0.1, 0.15) is 23.7 Å². The van der Waals surface area contributed by atoms with Crippen molar-refractivity contribution in [3.05, 3.63) is 65.7 Å². The molecule has 1 saturated heterocycles. The molecule has 1 heterocycles. The van der Waals surface area contributed by atoms with Gasteiger partial charge in [0.1, 0.15) is 11.8 Å². The fourth-order valence-corrected chi connectivity index (χ4v) is 4.15. The molecule has 3 rings (SSSR count). The molecule has 0 spiro atoms. The Hall–Kier alpha value is -3.43. The van der Waals surface area contributed by atoms with E-state index in [-0.39, 0.29) is 36.5 Å². The number of benzene rings is 2. The second-order valence-corrected chi connectivity index (χ2v) is 8.05. The molecule has 10 heteroatoms. The summed E-state index contributed by atoms with van der Waals surface area (Å²) in [5, 5.41) is 3.33. The van der Waals surface area contributed by atoms with Gasteiger partial charge in [-0.05, 0) is 61.6 Å². The summed E-state index contributed by atoms with van der Waals surface area (Å²) in [4.78, 5) is 40.8. The third kappa shape index (κ3) is 5.37. The van der Waals surface area contributed by atoms with Gasteiger partial charge in [-0.1, -0.05) is 17.7 Å². The van der Waals surface area contributed by atoms with E-state index in [0.29, 0.717) is 27.7 Å². The number of amides is 2. The summed E-state index contributed by atoms with van der Waals surface area (Å²) in [6.45, 7) is 6.01. The van der Waals surface area contributed by atoms with E-state index in [4.69, 9.17) is 33.3 Å². The van der Waals surface area contributed by atoms with Crippen LogP contribution in [-0.2, 0) is 14.3 Å². The number of methoxy groups -OCH3 is 1. The van der Waals surface area contributed by atoms with Crippen LogP contribution in [0.5, 0.6) is 5.75 Å². The van der Waals surface area contributed by atoms with Gasteiger partial charge in [-0.3, -0.25) is 14.5 Å². The fraction of sp³-hybridized carbons (Fsp3) is 0.250. The molecule has 34 heavy (non-hydrogen) atoms. The number of carbonyl (C=O) groups is 3. The molecule has 0 aliphatic carbocycles. The lowest BCUT2D eigenvalue weighted by Gasteiger charge is -2.22. The predicted molar refractivity (Wildman–Crippen MR) is 134 cm³/mol. The van der Waals surface area contributed by atoms with Crippen molar-refractivity contribution >= 4 is 58.1 Å². The van der Waals surface area contributed by atoms with Crippen LogP contribution in [0.4, 0.5) is 11.4 Å². The van der Waals surface area contributed by atoms with E-state index >= 15 is 0 Å². The molecule has 8 nitrogen and oxygen atoms in total. The lowest BCUT2D eigenvalue weighted by atomic mass is 10.1. The number of nitrogens with one attached hydrogen (secondary N) is 1. The number of rotatable bonds is 9. The topological polar surface area (TPSA) is 88.2 Å². The Balaban J connectivity index is 1.75. The van der Waals surface area contributed by atoms with Gasteiger partial charge in [0.15, 0.2) is 5.11 Å². The summed E-state index contributed by atoms with van der Waals surface area (Å²) in [7, 11) is 1.50. The Kier molecular flexibility index (Phi) is 8.25. The van der Waals surface area contributed by atoms with Crippen LogP contribution in [0.15, 0.2) is 55.1 Å². The zero-order valence-electron chi connectivity index (χ0n) is 18.7. The Bertz CT molecular complexity index is 1120. The summed E-state index contributed by atoms with van der Waals surface area (Å²) in [6.07, 6.45) is 1.48. The summed E-state index contributed by atoms with van der Waals surface area (Å²) < 4.78 is 10.1. The first kappa shape index (κ1) is 25.2. The minimum absolute atomic E-state index is 0.132. The predicted octanol–water partition coefficient (Wildman–Crippen LogP) is 4.04. The molecule has 1 fully saturated rings. The number of nitrogens with zero attached hydrogens (tertiary/aromatic N) is 2. The molecule has 0 saturated carbocycles. The second kappa shape index (κ2) is 11.1. The average molecular weight is 502 g/mol. The van der Waals surface area contributed by atoms with Gasteiger partial charge in [-0.2, -0.15) is 0 Å². The highest BCUT2D eigenvalue weighted by Gasteiger charge is 2.43. The van der Waals surface area contributed by atoms with Crippen LogP contribution in [0.2, 0.25) is 5.02 Å². The maximum absolute atomic E-state index is 13.3. The normalized spacial score (nSPS) is 15.3. The smallest absolute Gasteiger partial charge is 0.338 e. The average Bonchev–Trinajstić information content (AvgIpc) is 3.03. The van der Waals surface area contributed by atoms with Crippen molar-refractivity contribution in [2.75, 3.05) is 30.5 Å². The van der Waals surface area contributed by atoms with Gasteiger partial charge in [0.25, 0.3) is 5.91 Å². The maximum atomic E-state index is 13.3. The zero-order chi connectivity index (χ0) is 24.8. The first-order valence-electron chi connectivity index (χ1n) is 10.5. The molecular weight excluding hydrogens is 478 g/mol. The van der Waals surface area contributed by atoms with E-state index in [0.717, 1.165) is 0 Å². The first-order valence-corrected chi connectivity index (χ1v) is 11.2. The van der Waals surface area contributed by atoms with Crippen molar-refractivity contribution in [2.45, 2.75) is 19.4 Å². The molecule has 178 valence electrons. The second-order valence-electron chi connectivity index (χ2n) is 7.28. The molecule has 1 aliphatic heterocycles. The minimum Gasteiger partial charge on any atom is -0.495 e. The van der Waals surface area contributed by atoms with Crippen molar-refractivity contribution in [3.8, 4) is 5.75 Å². The zero-order valence-corrected chi connectivity index (χ0v) is 20.3. The maximum Gasteiger partial charge on any atom is 0.338 e. The Morgan fingerprint density at radius 2 is 1.94 bits per heavy atom. The molecule has 1 N–H and O–H groups in total. The molecular formula is C24H24ClN3O5S. The summed E-state index contributed by atoms with van der Waals surface area (Å²) in [5.74, 6) is -0.699. The number of ether oxygens (including phenoxy) is 2. The van der Waals surface area contributed by atoms with E-state index in [2.05, 4.69) is 11.9 Å². The van der Waals surface area contributed by atoms with Gasteiger partial charge >= 0.3 is 5.97 Å². The van der Waals surface area contributed by atoms with Crippen LogP contribution in [-0.4, -0.2) is 54.1 Å². The SMILES string of the molecule is C=CCN1C(=S)N(c2ccc(OC)c(Cl)c2)C(=O)[C@@H]1CC(=O)Nc1ccc(C(=O)OCC)cc1. The quantitative estimate of drug-likeness (QED) is 0.315. The van der Waals surface area contributed by atoms with Crippen molar-refractivity contribution in [2.24, 2.45) is 0 Å². The monoisotopic (exact) mass is 501 g/mol. The number of hydrogen-bond donors (Lipinski definition) is 1. The van der Waals surface area contributed by atoms with E-state index < -0.39 is 12.0 Å². The van der Waals surface area contributed by atoms with Gasteiger partial charge in [-0.15, -0.1) is 6.58 Å².